The van der Waals surface area contributed by atoms with Gasteiger partial charge in [-0.15, -0.1) is 0 Å². The number of fused-ring (bicyclic) bond motifs is 7. The van der Waals surface area contributed by atoms with Crippen LogP contribution in [-0.4, -0.2) is 45.3 Å². The van der Waals surface area contributed by atoms with E-state index in [2.05, 4.69) is 55.1 Å². The number of benzene rings is 5. The van der Waals surface area contributed by atoms with Gasteiger partial charge < -0.3 is 28.4 Å². The molecular weight excluding hydrogens is 580 g/mol. The Balaban J connectivity index is 1.04. The van der Waals surface area contributed by atoms with Crippen molar-refractivity contribution in [3.63, 3.8) is 0 Å². The Hall–Kier alpha value is -5.01. The Morgan fingerprint density at radius 3 is 1.80 bits per heavy atom. The quantitative estimate of drug-likeness (QED) is 0.0567. The first-order valence-electron chi connectivity index (χ1n) is 15.8. The highest BCUT2D eigenvalue weighted by atomic mass is 16.7. The SMILES string of the molecule is C=CC(=O)OCCCCCCOc1ccc(OCOC2COc3ccc4ccccc4c3-c3c(ccc4ccccc34)OC2)cc1. The lowest BCUT2D eigenvalue weighted by molar-refractivity contribution is -0.137. The number of esters is 1. The molecule has 0 atom stereocenters. The lowest BCUT2D eigenvalue weighted by Crippen LogP contribution is -2.30. The summed E-state index contributed by atoms with van der Waals surface area (Å²) in [7, 11) is 0. The third-order valence-electron chi connectivity index (χ3n) is 7.95. The predicted molar refractivity (Wildman–Crippen MR) is 180 cm³/mol. The Morgan fingerprint density at radius 1 is 0.674 bits per heavy atom. The fourth-order valence-electron chi connectivity index (χ4n) is 5.58. The van der Waals surface area contributed by atoms with E-state index in [0.29, 0.717) is 32.2 Å². The van der Waals surface area contributed by atoms with Crippen LogP contribution in [0.5, 0.6) is 23.0 Å². The monoisotopic (exact) mass is 618 g/mol. The number of rotatable bonds is 13. The van der Waals surface area contributed by atoms with Gasteiger partial charge in [-0.1, -0.05) is 67.2 Å². The van der Waals surface area contributed by atoms with Crippen LogP contribution >= 0.6 is 0 Å². The molecule has 0 aromatic heterocycles. The van der Waals surface area contributed by atoms with E-state index in [4.69, 9.17) is 28.4 Å². The van der Waals surface area contributed by atoms with E-state index < -0.39 is 0 Å². The first-order valence-corrected chi connectivity index (χ1v) is 15.8. The number of carbonyl (C=O) groups is 1. The van der Waals surface area contributed by atoms with E-state index in [1.54, 1.807) is 0 Å². The molecule has 0 aliphatic carbocycles. The number of hydrogen-bond acceptors (Lipinski definition) is 7. The zero-order valence-electron chi connectivity index (χ0n) is 25.8. The van der Waals surface area contributed by atoms with Crippen molar-refractivity contribution in [2.45, 2.75) is 31.8 Å². The Bertz CT molecular complexity index is 1690. The van der Waals surface area contributed by atoms with Gasteiger partial charge in [0.2, 0.25) is 0 Å². The fourth-order valence-corrected chi connectivity index (χ4v) is 5.58. The average Bonchev–Trinajstić information content (AvgIpc) is 3.18. The predicted octanol–water partition coefficient (Wildman–Crippen LogP) is 8.52. The second-order valence-corrected chi connectivity index (χ2v) is 11.1. The zero-order chi connectivity index (χ0) is 31.6. The highest BCUT2D eigenvalue weighted by Crippen LogP contribution is 2.46. The van der Waals surface area contributed by atoms with Crippen LogP contribution in [0.1, 0.15) is 25.7 Å². The van der Waals surface area contributed by atoms with Crippen LogP contribution in [0.25, 0.3) is 32.7 Å². The maximum absolute atomic E-state index is 11.0. The zero-order valence-corrected chi connectivity index (χ0v) is 25.8. The van der Waals surface area contributed by atoms with Crippen molar-refractivity contribution in [3.05, 3.63) is 110 Å². The van der Waals surface area contributed by atoms with E-state index in [-0.39, 0.29) is 18.9 Å². The second-order valence-electron chi connectivity index (χ2n) is 11.1. The minimum absolute atomic E-state index is 0.0505. The van der Waals surface area contributed by atoms with Gasteiger partial charge in [0.15, 0.2) is 6.79 Å². The molecule has 0 amide bonds. The van der Waals surface area contributed by atoms with Crippen LogP contribution in [0, 0.1) is 0 Å². The van der Waals surface area contributed by atoms with Crippen LogP contribution in [-0.2, 0) is 14.3 Å². The minimum atomic E-state index is -0.374. The third kappa shape index (κ3) is 7.61. The molecule has 5 aromatic rings. The number of hydrogen-bond donors (Lipinski definition) is 0. The first-order chi connectivity index (χ1) is 22.7. The summed E-state index contributed by atoms with van der Waals surface area (Å²) in [6, 6.07) is 32.5. The van der Waals surface area contributed by atoms with Crippen molar-refractivity contribution in [1.82, 2.24) is 0 Å². The molecule has 6 rings (SSSR count). The molecule has 236 valence electrons. The molecule has 0 N–H and O–H groups in total. The van der Waals surface area contributed by atoms with Crippen molar-refractivity contribution in [3.8, 4) is 34.1 Å². The standard InChI is InChI=1S/C39H38O7/c1-2-37(40)42-24-10-4-3-9-23-41-30-17-19-31(20-18-30)45-27-46-32-25-43-35-21-15-28-11-5-7-13-33(28)38(35)39-34-14-8-6-12-29(34)16-22-36(39)44-26-32/h2,5-8,11-22,32H,1,3-4,9-10,23-27H2. The van der Waals surface area contributed by atoms with Crippen LogP contribution in [0.3, 0.4) is 0 Å². The maximum atomic E-state index is 11.0. The van der Waals surface area contributed by atoms with E-state index in [0.717, 1.165) is 75.6 Å². The van der Waals surface area contributed by atoms with Crippen LogP contribution < -0.4 is 18.9 Å². The highest BCUT2D eigenvalue weighted by molar-refractivity contribution is 6.09. The number of carbonyl (C=O) groups excluding carboxylic acids is 1. The third-order valence-corrected chi connectivity index (χ3v) is 7.95. The normalized spacial score (nSPS) is 12.9. The lowest BCUT2D eigenvalue weighted by atomic mass is 9.92. The van der Waals surface area contributed by atoms with Gasteiger partial charge in [-0.3, -0.25) is 0 Å². The molecule has 1 heterocycles. The molecule has 0 radical (unpaired) electrons. The van der Waals surface area contributed by atoms with Crippen molar-refractivity contribution >= 4 is 27.5 Å². The average molecular weight is 619 g/mol. The summed E-state index contributed by atoms with van der Waals surface area (Å²) in [6.07, 6.45) is 4.57. The summed E-state index contributed by atoms with van der Waals surface area (Å²) < 4.78 is 35.7. The second kappa shape index (κ2) is 15.3. The fraction of sp³-hybridized carbons (Fsp3) is 0.256. The summed E-state index contributed by atoms with van der Waals surface area (Å²) in [5.74, 6) is 2.67. The van der Waals surface area contributed by atoms with Gasteiger partial charge >= 0.3 is 5.97 Å². The van der Waals surface area contributed by atoms with Gasteiger partial charge in [-0.2, -0.15) is 0 Å². The summed E-state index contributed by atoms with van der Waals surface area (Å²) in [5, 5.41) is 4.50. The van der Waals surface area contributed by atoms with Crippen molar-refractivity contribution < 1.29 is 33.2 Å². The number of unbranched alkanes of at least 4 members (excludes halogenated alkanes) is 3. The summed E-state index contributed by atoms with van der Waals surface area (Å²) >= 11 is 0. The molecule has 0 saturated heterocycles. The summed E-state index contributed by atoms with van der Waals surface area (Å²) in [6.45, 7) is 5.11. The van der Waals surface area contributed by atoms with Crippen LogP contribution in [0.4, 0.5) is 0 Å². The van der Waals surface area contributed by atoms with Gasteiger partial charge in [0.25, 0.3) is 0 Å². The topological polar surface area (TPSA) is 72.5 Å². The highest BCUT2D eigenvalue weighted by Gasteiger charge is 2.23. The molecule has 1 aliphatic heterocycles. The van der Waals surface area contributed by atoms with Gasteiger partial charge in [-0.25, -0.2) is 4.79 Å². The Morgan fingerprint density at radius 2 is 1.22 bits per heavy atom. The number of ether oxygens (including phenoxy) is 6. The van der Waals surface area contributed by atoms with Gasteiger partial charge in [0.05, 0.1) is 13.2 Å². The lowest BCUT2D eigenvalue weighted by Gasteiger charge is -2.18. The molecular formula is C39H38O7. The minimum Gasteiger partial charge on any atom is -0.494 e. The summed E-state index contributed by atoms with van der Waals surface area (Å²) in [4.78, 5) is 11.0. The van der Waals surface area contributed by atoms with Crippen LogP contribution in [0.15, 0.2) is 110 Å². The molecule has 7 heteroatoms. The molecule has 0 bridgehead atoms. The molecule has 7 nitrogen and oxygen atoms in total. The van der Waals surface area contributed by atoms with E-state index in [1.807, 2.05) is 48.5 Å². The van der Waals surface area contributed by atoms with Crippen molar-refractivity contribution in [2.75, 3.05) is 33.2 Å². The van der Waals surface area contributed by atoms with Gasteiger partial charge in [0.1, 0.15) is 42.3 Å². The Labute approximate surface area is 269 Å². The van der Waals surface area contributed by atoms with E-state index >= 15 is 0 Å². The van der Waals surface area contributed by atoms with E-state index in [9.17, 15) is 4.79 Å². The molecule has 0 saturated carbocycles. The van der Waals surface area contributed by atoms with Crippen molar-refractivity contribution in [2.24, 2.45) is 0 Å². The van der Waals surface area contributed by atoms with E-state index in [1.165, 1.54) is 6.08 Å². The molecule has 1 aliphatic rings. The van der Waals surface area contributed by atoms with Gasteiger partial charge in [-0.05, 0) is 83.6 Å². The smallest absolute Gasteiger partial charge is 0.330 e. The molecule has 0 spiro atoms. The van der Waals surface area contributed by atoms with Crippen LogP contribution in [0.2, 0.25) is 0 Å². The molecule has 46 heavy (non-hydrogen) atoms. The first kappa shape index (κ1) is 31.0. The Kier molecular flexibility index (Phi) is 10.3. The van der Waals surface area contributed by atoms with Crippen molar-refractivity contribution in [1.29, 1.82) is 0 Å². The molecule has 0 fully saturated rings. The maximum Gasteiger partial charge on any atom is 0.330 e. The summed E-state index contributed by atoms with van der Waals surface area (Å²) in [5.41, 5.74) is 2.05. The molecule has 5 aromatic carbocycles. The van der Waals surface area contributed by atoms with Gasteiger partial charge in [0, 0.05) is 17.2 Å². The molecule has 0 unspecified atom stereocenters. The largest absolute Gasteiger partial charge is 0.494 e.